The molecule has 0 aliphatic carbocycles. The number of nitro benzene ring substituents is 1. The summed E-state index contributed by atoms with van der Waals surface area (Å²) in [4.78, 5) is 50.9. The number of hydrogen-bond acceptors (Lipinski definition) is 5. The van der Waals surface area contributed by atoms with Crippen LogP contribution in [0.5, 0.6) is 0 Å². The van der Waals surface area contributed by atoms with Gasteiger partial charge < -0.3 is 4.90 Å². The quantitative estimate of drug-likeness (QED) is 0.442. The van der Waals surface area contributed by atoms with Crippen molar-refractivity contribution >= 4 is 29.1 Å². The van der Waals surface area contributed by atoms with E-state index in [2.05, 4.69) is 0 Å². The average molecular weight is 393 g/mol. The zero-order valence-electron chi connectivity index (χ0n) is 15.9. The summed E-state index contributed by atoms with van der Waals surface area (Å²) in [6, 6.07) is 9.70. The highest BCUT2D eigenvalue weighted by Gasteiger charge is 2.35. The Kier molecular flexibility index (Phi) is 4.62. The Morgan fingerprint density at radius 1 is 1.10 bits per heavy atom. The van der Waals surface area contributed by atoms with Gasteiger partial charge in [0.2, 0.25) is 5.91 Å². The molecule has 0 radical (unpaired) electrons. The maximum atomic E-state index is 12.7. The number of hydrogen-bond donors (Lipinski definition) is 0. The Bertz CT molecular complexity index is 1060. The Balaban J connectivity index is 1.40. The van der Waals surface area contributed by atoms with Crippen LogP contribution in [0, 0.1) is 17.0 Å². The zero-order chi connectivity index (χ0) is 20.7. The van der Waals surface area contributed by atoms with Gasteiger partial charge in [-0.05, 0) is 37.5 Å². The van der Waals surface area contributed by atoms with E-state index in [9.17, 15) is 24.5 Å². The fraction of sp³-hybridized carbons (Fsp3) is 0.286. The van der Waals surface area contributed by atoms with E-state index in [4.69, 9.17) is 0 Å². The number of nitrogens with zero attached hydrogens (tertiary/aromatic N) is 3. The summed E-state index contributed by atoms with van der Waals surface area (Å²) in [5.74, 6) is -0.834. The van der Waals surface area contributed by atoms with Crippen LogP contribution in [0.1, 0.15) is 44.7 Å². The maximum absolute atomic E-state index is 12.7. The van der Waals surface area contributed by atoms with Crippen molar-refractivity contribution < 1.29 is 19.3 Å². The van der Waals surface area contributed by atoms with Crippen molar-refractivity contribution in [3.05, 3.63) is 68.8 Å². The molecule has 148 valence electrons. The molecule has 4 rings (SSSR count). The largest absolute Gasteiger partial charge is 0.312 e. The summed E-state index contributed by atoms with van der Waals surface area (Å²) in [6.45, 7) is 2.49. The first-order chi connectivity index (χ1) is 13.9. The van der Waals surface area contributed by atoms with Gasteiger partial charge in [0, 0.05) is 31.6 Å². The van der Waals surface area contributed by atoms with E-state index >= 15 is 0 Å². The monoisotopic (exact) mass is 393 g/mol. The van der Waals surface area contributed by atoms with Crippen molar-refractivity contribution in [1.82, 2.24) is 4.90 Å². The SMILES string of the molecule is Cc1ccc2c(c1)C(=O)N(CCCC(=O)N1CCc3ccc([N+](=O)[O-])cc31)C2=O. The second-order valence-corrected chi connectivity index (χ2v) is 7.28. The molecule has 2 aliphatic rings. The topological polar surface area (TPSA) is 101 Å². The van der Waals surface area contributed by atoms with Gasteiger partial charge in [-0.15, -0.1) is 0 Å². The lowest BCUT2D eigenvalue weighted by molar-refractivity contribution is -0.384. The van der Waals surface area contributed by atoms with Crippen LogP contribution in [0.25, 0.3) is 0 Å². The molecule has 0 N–H and O–H groups in total. The van der Waals surface area contributed by atoms with Crippen LogP contribution in [0.2, 0.25) is 0 Å². The molecule has 0 bridgehead atoms. The Morgan fingerprint density at radius 2 is 1.86 bits per heavy atom. The van der Waals surface area contributed by atoms with Gasteiger partial charge in [0.15, 0.2) is 0 Å². The van der Waals surface area contributed by atoms with Gasteiger partial charge in [-0.2, -0.15) is 0 Å². The van der Waals surface area contributed by atoms with Crippen molar-refractivity contribution in [2.24, 2.45) is 0 Å². The van der Waals surface area contributed by atoms with Crippen LogP contribution in [0.3, 0.4) is 0 Å². The first-order valence-corrected chi connectivity index (χ1v) is 9.41. The number of fused-ring (bicyclic) bond motifs is 2. The summed E-state index contributed by atoms with van der Waals surface area (Å²) in [6.07, 6.45) is 1.13. The first kappa shape index (κ1) is 18.8. The molecule has 8 nitrogen and oxygen atoms in total. The summed E-state index contributed by atoms with van der Waals surface area (Å²) < 4.78 is 0. The molecule has 0 unspecified atom stereocenters. The highest BCUT2D eigenvalue weighted by atomic mass is 16.6. The van der Waals surface area contributed by atoms with E-state index in [1.165, 1.54) is 17.0 Å². The molecule has 0 aromatic heterocycles. The number of nitro groups is 1. The van der Waals surface area contributed by atoms with E-state index in [-0.39, 0.29) is 36.4 Å². The standard InChI is InChI=1S/C21H19N3O5/c1-13-4-7-16-17(11-13)21(27)23(20(16)26)9-2-3-19(25)22-10-8-14-5-6-15(24(28)29)12-18(14)22/h4-7,11-12H,2-3,8-10H2,1H3. The van der Waals surface area contributed by atoms with Gasteiger partial charge in [-0.3, -0.25) is 29.4 Å². The number of amides is 3. The molecule has 0 atom stereocenters. The molecule has 0 fully saturated rings. The number of non-ortho nitro benzene ring substituents is 1. The molecule has 0 spiro atoms. The molecule has 8 heteroatoms. The minimum Gasteiger partial charge on any atom is -0.312 e. The Morgan fingerprint density at radius 3 is 2.62 bits per heavy atom. The van der Waals surface area contributed by atoms with Crippen molar-refractivity contribution in [1.29, 1.82) is 0 Å². The highest BCUT2D eigenvalue weighted by Crippen LogP contribution is 2.32. The lowest BCUT2D eigenvalue weighted by Crippen LogP contribution is -2.33. The van der Waals surface area contributed by atoms with E-state index < -0.39 is 4.92 Å². The lowest BCUT2D eigenvalue weighted by atomic mass is 10.1. The van der Waals surface area contributed by atoms with Crippen molar-refractivity contribution in [3.8, 4) is 0 Å². The van der Waals surface area contributed by atoms with Gasteiger partial charge >= 0.3 is 0 Å². The molecule has 3 amide bonds. The fourth-order valence-electron chi connectivity index (χ4n) is 3.87. The number of carbonyl (C=O) groups excluding carboxylic acids is 3. The zero-order valence-corrected chi connectivity index (χ0v) is 15.9. The minimum atomic E-state index is -0.481. The third-order valence-electron chi connectivity index (χ3n) is 5.37. The van der Waals surface area contributed by atoms with Crippen molar-refractivity contribution in [2.75, 3.05) is 18.0 Å². The predicted octanol–water partition coefficient (Wildman–Crippen LogP) is 2.87. The van der Waals surface area contributed by atoms with E-state index in [0.717, 1.165) is 11.1 Å². The van der Waals surface area contributed by atoms with Gasteiger partial charge in [-0.25, -0.2) is 0 Å². The number of carbonyl (C=O) groups is 3. The molecule has 2 aromatic carbocycles. The van der Waals surface area contributed by atoms with E-state index in [1.54, 1.807) is 29.2 Å². The molecule has 2 aliphatic heterocycles. The van der Waals surface area contributed by atoms with Crippen molar-refractivity contribution in [3.63, 3.8) is 0 Å². The second kappa shape index (κ2) is 7.12. The van der Waals surface area contributed by atoms with Crippen LogP contribution in [-0.2, 0) is 11.2 Å². The molecule has 2 heterocycles. The van der Waals surface area contributed by atoms with E-state index in [0.29, 0.717) is 36.2 Å². The average Bonchev–Trinajstić information content (AvgIpc) is 3.22. The fourth-order valence-corrected chi connectivity index (χ4v) is 3.87. The van der Waals surface area contributed by atoms with Crippen LogP contribution < -0.4 is 4.90 Å². The number of benzene rings is 2. The summed E-state index contributed by atoms with van der Waals surface area (Å²) in [5, 5.41) is 11.0. The van der Waals surface area contributed by atoms with Crippen LogP contribution in [0.4, 0.5) is 11.4 Å². The molecular weight excluding hydrogens is 374 g/mol. The van der Waals surface area contributed by atoms with Crippen LogP contribution in [-0.4, -0.2) is 40.6 Å². The van der Waals surface area contributed by atoms with Gasteiger partial charge in [0.05, 0.1) is 21.7 Å². The summed E-state index contributed by atoms with van der Waals surface area (Å²) >= 11 is 0. The smallest absolute Gasteiger partial charge is 0.271 e. The third kappa shape index (κ3) is 3.26. The molecular formula is C21H19N3O5. The molecule has 0 saturated carbocycles. The number of rotatable bonds is 5. The second-order valence-electron chi connectivity index (χ2n) is 7.28. The summed E-state index contributed by atoms with van der Waals surface area (Å²) in [7, 11) is 0. The van der Waals surface area contributed by atoms with Crippen molar-refractivity contribution in [2.45, 2.75) is 26.2 Å². The number of imide groups is 1. The lowest BCUT2D eigenvalue weighted by Gasteiger charge is -2.18. The molecule has 2 aromatic rings. The Hall–Kier alpha value is -3.55. The molecule has 0 saturated heterocycles. The van der Waals surface area contributed by atoms with Gasteiger partial charge in [0.1, 0.15) is 0 Å². The first-order valence-electron chi connectivity index (χ1n) is 9.41. The summed E-state index contributed by atoms with van der Waals surface area (Å²) in [5.41, 5.74) is 3.13. The number of aryl methyl sites for hydroxylation is 1. The Labute approximate surface area is 166 Å². The highest BCUT2D eigenvalue weighted by molar-refractivity contribution is 6.21. The van der Waals surface area contributed by atoms with Gasteiger partial charge in [-0.1, -0.05) is 17.7 Å². The molecule has 29 heavy (non-hydrogen) atoms. The number of anilines is 1. The predicted molar refractivity (Wildman–Crippen MR) is 105 cm³/mol. The minimum absolute atomic E-state index is 0.0511. The van der Waals surface area contributed by atoms with Crippen LogP contribution in [0.15, 0.2) is 36.4 Å². The van der Waals surface area contributed by atoms with Gasteiger partial charge in [0.25, 0.3) is 17.5 Å². The normalized spacial score (nSPS) is 14.9. The third-order valence-corrected chi connectivity index (χ3v) is 5.37. The van der Waals surface area contributed by atoms with Crippen LogP contribution >= 0.6 is 0 Å². The maximum Gasteiger partial charge on any atom is 0.271 e. The van der Waals surface area contributed by atoms with E-state index in [1.807, 2.05) is 6.92 Å².